The summed E-state index contributed by atoms with van der Waals surface area (Å²) in [5.74, 6) is 1.57. The Labute approximate surface area is 181 Å². The highest BCUT2D eigenvalue weighted by atomic mass is 16.2. The van der Waals surface area contributed by atoms with Crippen molar-refractivity contribution in [3.8, 4) is 0 Å². The molecule has 0 spiro atoms. The smallest absolute Gasteiger partial charge is 0.280 e. The van der Waals surface area contributed by atoms with E-state index >= 15 is 0 Å². The Kier molecular flexibility index (Phi) is 7.53. The van der Waals surface area contributed by atoms with E-state index in [4.69, 9.17) is 0 Å². The number of likely N-dealkylation sites (tertiary alicyclic amines) is 1. The minimum Gasteiger partial charge on any atom is -0.337 e. The van der Waals surface area contributed by atoms with E-state index in [1.54, 1.807) is 0 Å². The van der Waals surface area contributed by atoms with Crippen molar-refractivity contribution in [2.45, 2.75) is 47.1 Å². The maximum absolute atomic E-state index is 13.0. The van der Waals surface area contributed by atoms with Gasteiger partial charge >= 0.3 is 0 Å². The van der Waals surface area contributed by atoms with Crippen LogP contribution in [-0.2, 0) is 9.59 Å². The van der Waals surface area contributed by atoms with Gasteiger partial charge in [0.15, 0.2) is 12.6 Å². The number of carbonyl (C=O) groups is 2. The third kappa shape index (κ3) is 5.61. The number of aryl methyl sites for hydroxylation is 1. The van der Waals surface area contributed by atoms with E-state index in [2.05, 4.69) is 44.0 Å². The van der Waals surface area contributed by atoms with Crippen molar-refractivity contribution < 1.29 is 19.4 Å². The van der Waals surface area contributed by atoms with Gasteiger partial charge in [-0.3, -0.25) is 9.59 Å². The zero-order chi connectivity index (χ0) is 21.8. The molecule has 6 nitrogen and oxygen atoms in total. The Hall–Kier alpha value is -1.92. The van der Waals surface area contributed by atoms with Crippen molar-refractivity contribution in [3.63, 3.8) is 0 Å². The number of amides is 2. The predicted molar refractivity (Wildman–Crippen MR) is 120 cm³/mol. The van der Waals surface area contributed by atoms with E-state index in [-0.39, 0.29) is 11.9 Å². The van der Waals surface area contributed by atoms with Gasteiger partial charge in [-0.1, -0.05) is 26.0 Å². The second-order valence-electron chi connectivity index (χ2n) is 9.79. The fraction of sp³-hybridized carbons (Fsp3) is 0.667. The number of carbonyl (C=O) groups excluding carboxylic acids is 2. The molecule has 166 valence electrons. The molecule has 0 unspecified atom stereocenters. The third-order valence-corrected chi connectivity index (χ3v) is 7.05. The summed E-state index contributed by atoms with van der Waals surface area (Å²) >= 11 is 0. The SMILES string of the molecule is Cc1cccc(NC(=O)C[NH+]2CC[NH+]([C@H](C)C(=O)N3C[C@@H](C)C[C@H](C)C3)CC2)c1C. The van der Waals surface area contributed by atoms with E-state index in [0.717, 1.165) is 50.5 Å². The van der Waals surface area contributed by atoms with Crippen LogP contribution in [0.4, 0.5) is 5.69 Å². The lowest BCUT2D eigenvalue weighted by Gasteiger charge is -2.38. The Morgan fingerprint density at radius 3 is 2.37 bits per heavy atom. The summed E-state index contributed by atoms with van der Waals surface area (Å²) in [4.78, 5) is 30.3. The van der Waals surface area contributed by atoms with Crippen molar-refractivity contribution in [2.24, 2.45) is 11.8 Å². The van der Waals surface area contributed by atoms with Crippen molar-refractivity contribution in [1.29, 1.82) is 0 Å². The number of nitrogens with one attached hydrogen (secondary N) is 3. The maximum atomic E-state index is 13.0. The first-order valence-electron chi connectivity index (χ1n) is 11.6. The predicted octanol–water partition coefficient (Wildman–Crippen LogP) is -0.0817. The normalized spacial score (nSPS) is 28.1. The number of anilines is 1. The third-order valence-electron chi connectivity index (χ3n) is 7.05. The summed E-state index contributed by atoms with van der Waals surface area (Å²) in [7, 11) is 0. The molecule has 30 heavy (non-hydrogen) atoms. The molecule has 0 aromatic heterocycles. The summed E-state index contributed by atoms with van der Waals surface area (Å²) in [5.41, 5.74) is 3.23. The Bertz CT molecular complexity index is 748. The van der Waals surface area contributed by atoms with E-state index < -0.39 is 0 Å². The molecule has 1 aromatic carbocycles. The number of hydrogen-bond donors (Lipinski definition) is 3. The van der Waals surface area contributed by atoms with Crippen LogP contribution in [0.15, 0.2) is 18.2 Å². The first-order chi connectivity index (χ1) is 14.2. The van der Waals surface area contributed by atoms with Gasteiger partial charge in [-0.2, -0.15) is 0 Å². The summed E-state index contributed by atoms with van der Waals surface area (Å²) < 4.78 is 0. The van der Waals surface area contributed by atoms with Gasteiger partial charge in [-0.25, -0.2) is 0 Å². The molecule has 0 bridgehead atoms. The van der Waals surface area contributed by atoms with Gasteiger partial charge in [0, 0.05) is 18.8 Å². The highest BCUT2D eigenvalue weighted by molar-refractivity contribution is 5.92. The summed E-state index contributed by atoms with van der Waals surface area (Å²) in [5, 5.41) is 3.07. The fourth-order valence-electron chi connectivity index (χ4n) is 5.13. The number of hydrogen-bond acceptors (Lipinski definition) is 2. The number of piperidine rings is 1. The lowest BCUT2D eigenvalue weighted by molar-refractivity contribution is -1.01. The molecule has 2 fully saturated rings. The topological polar surface area (TPSA) is 58.3 Å². The maximum Gasteiger partial charge on any atom is 0.280 e. The molecule has 2 heterocycles. The van der Waals surface area contributed by atoms with Gasteiger partial charge in [0.05, 0.1) is 0 Å². The number of rotatable bonds is 5. The second-order valence-corrected chi connectivity index (χ2v) is 9.79. The van der Waals surface area contributed by atoms with E-state index in [1.807, 2.05) is 19.1 Å². The van der Waals surface area contributed by atoms with Crippen LogP contribution in [-0.4, -0.2) is 68.6 Å². The molecule has 2 amide bonds. The molecule has 2 aliphatic rings. The number of piperazine rings is 1. The molecule has 3 N–H and O–H groups in total. The molecule has 0 saturated carbocycles. The lowest BCUT2D eigenvalue weighted by Crippen LogP contribution is -3.30. The van der Waals surface area contributed by atoms with Gasteiger partial charge in [0.25, 0.3) is 11.8 Å². The van der Waals surface area contributed by atoms with Gasteiger partial charge in [-0.05, 0) is 56.2 Å². The van der Waals surface area contributed by atoms with Crippen molar-refractivity contribution in [1.82, 2.24) is 4.90 Å². The van der Waals surface area contributed by atoms with Crippen molar-refractivity contribution in [2.75, 3.05) is 51.1 Å². The molecule has 6 heteroatoms. The van der Waals surface area contributed by atoms with Crippen LogP contribution in [0.5, 0.6) is 0 Å². The number of nitrogens with zero attached hydrogens (tertiary/aromatic N) is 1. The standard InChI is InChI=1S/C24H38N4O2/c1-17-13-18(2)15-28(14-17)24(30)21(5)27-11-9-26(10-12-27)16-23(29)25-22-8-6-7-19(3)20(22)4/h6-8,17-18,21H,9-16H2,1-5H3,(H,25,29)/p+2/t17-,18-,21+/m0/s1. The monoisotopic (exact) mass is 416 g/mol. The highest BCUT2D eigenvalue weighted by Gasteiger charge is 2.36. The zero-order valence-electron chi connectivity index (χ0n) is 19.4. The zero-order valence-corrected chi connectivity index (χ0v) is 19.4. The summed E-state index contributed by atoms with van der Waals surface area (Å²) in [6.45, 7) is 16.7. The fourth-order valence-corrected chi connectivity index (χ4v) is 5.13. The molecular formula is C24H40N4O2+2. The van der Waals surface area contributed by atoms with Gasteiger partial charge in [0.1, 0.15) is 26.2 Å². The van der Waals surface area contributed by atoms with Crippen molar-refractivity contribution >= 4 is 17.5 Å². The average Bonchev–Trinajstić information content (AvgIpc) is 2.70. The van der Waals surface area contributed by atoms with Crippen LogP contribution >= 0.6 is 0 Å². The lowest BCUT2D eigenvalue weighted by atomic mass is 9.91. The first-order valence-corrected chi connectivity index (χ1v) is 11.6. The minimum atomic E-state index is 0.00724. The van der Waals surface area contributed by atoms with E-state index in [0.29, 0.717) is 24.3 Å². The summed E-state index contributed by atoms with van der Waals surface area (Å²) in [6, 6.07) is 6.02. The number of benzene rings is 1. The molecule has 0 aliphatic carbocycles. The molecule has 3 rings (SSSR count). The molecule has 0 radical (unpaired) electrons. The highest BCUT2D eigenvalue weighted by Crippen LogP contribution is 2.21. The van der Waals surface area contributed by atoms with Crippen LogP contribution < -0.4 is 15.1 Å². The van der Waals surface area contributed by atoms with Gasteiger partial charge in [-0.15, -0.1) is 0 Å². The van der Waals surface area contributed by atoms with Crippen LogP contribution in [0.3, 0.4) is 0 Å². The largest absolute Gasteiger partial charge is 0.337 e. The van der Waals surface area contributed by atoms with Crippen LogP contribution in [0.1, 0.15) is 38.3 Å². The Balaban J connectivity index is 1.46. The Morgan fingerprint density at radius 2 is 1.73 bits per heavy atom. The first kappa shape index (κ1) is 22.8. The van der Waals surface area contributed by atoms with Gasteiger partial charge < -0.3 is 20.0 Å². The number of quaternary nitrogens is 2. The summed E-state index contributed by atoms with van der Waals surface area (Å²) in [6.07, 6.45) is 1.22. The molecule has 2 aliphatic heterocycles. The van der Waals surface area contributed by atoms with Crippen LogP contribution in [0.25, 0.3) is 0 Å². The Morgan fingerprint density at radius 1 is 1.10 bits per heavy atom. The molecular weight excluding hydrogens is 376 g/mol. The second kappa shape index (κ2) is 9.92. The molecule has 3 atom stereocenters. The van der Waals surface area contributed by atoms with Crippen molar-refractivity contribution in [3.05, 3.63) is 29.3 Å². The van der Waals surface area contributed by atoms with Gasteiger partial charge in [0.2, 0.25) is 0 Å². The molecule has 2 saturated heterocycles. The molecule has 1 aromatic rings. The van der Waals surface area contributed by atoms with E-state index in [9.17, 15) is 9.59 Å². The van der Waals surface area contributed by atoms with Crippen LogP contribution in [0, 0.1) is 25.7 Å². The average molecular weight is 417 g/mol. The quantitative estimate of drug-likeness (QED) is 0.629. The van der Waals surface area contributed by atoms with E-state index in [1.165, 1.54) is 21.8 Å². The van der Waals surface area contributed by atoms with Crippen LogP contribution in [0.2, 0.25) is 0 Å². The minimum absolute atomic E-state index is 0.00724.